The van der Waals surface area contributed by atoms with Gasteiger partial charge < -0.3 is 19.7 Å². The summed E-state index contributed by atoms with van der Waals surface area (Å²) in [5.41, 5.74) is -3.07. The molecule has 0 spiro atoms. The summed E-state index contributed by atoms with van der Waals surface area (Å²) in [5, 5.41) is 22.1. The molecule has 3 fully saturated rings. The van der Waals surface area contributed by atoms with E-state index in [9.17, 15) is 24.6 Å². The summed E-state index contributed by atoms with van der Waals surface area (Å²) in [7, 11) is 0. The van der Waals surface area contributed by atoms with Crippen molar-refractivity contribution < 1.29 is 34.1 Å². The second-order valence-corrected chi connectivity index (χ2v) is 8.45. The highest BCUT2D eigenvalue weighted by Crippen LogP contribution is 2.55. The van der Waals surface area contributed by atoms with Crippen molar-refractivity contribution in [2.75, 3.05) is 0 Å². The lowest BCUT2D eigenvalue weighted by Crippen LogP contribution is -2.52. The van der Waals surface area contributed by atoms with Crippen LogP contribution in [-0.2, 0) is 23.9 Å². The third-order valence-corrected chi connectivity index (χ3v) is 6.36. The molecular formula is C19H26O7. The van der Waals surface area contributed by atoms with Gasteiger partial charge >= 0.3 is 11.9 Å². The van der Waals surface area contributed by atoms with E-state index in [0.29, 0.717) is 0 Å². The summed E-state index contributed by atoms with van der Waals surface area (Å²) >= 11 is 0. The normalized spacial score (nSPS) is 45.2. The Labute approximate surface area is 152 Å². The second kappa shape index (κ2) is 5.89. The van der Waals surface area contributed by atoms with Crippen LogP contribution in [0.2, 0.25) is 0 Å². The molecule has 2 aliphatic carbocycles. The highest BCUT2D eigenvalue weighted by Gasteiger charge is 2.67. The van der Waals surface area contributed by atoms with Crippen molar-refractivity contribution in [2.45, 2.75) is 63.9 Å². The summed E-state index contributed by atoms with van der Waals surface area (Å²) < 4.78 is 11.0. The van der Waals surface area contributed by atoms with Gasteiger partial charge in [0, 0.05) is 29.7 Å². The lowest BCUT2D eigenvalue weighted by atomic mass is 9.74. The van der Waals surface area contributed by atoms with Gasteiger partial charge in [-0.3, -0.25) is 9.59 Å². The maximum absolute atomic E-state index is 12.4. The molecule has 3 rings (SSSR count). The molecule has 1 saturated heterocycles. The number of rotatable bonds is 2. The Bertz CT molecular complexity index is 675. The van der Waals surface area contributed by atoms with E-state index in [4.69, 9.17) is 9.47 Å². The van der Waals surface area contributed by atoms with Crippen molar-refractivity contribution in [3.63, 3.8) is 0 Å². The SMILES string of the molecule is C=C1C(=O)OC2C1CC(OC(=O)C(C)C)C(C)(O)C1CC(=O)C(C)(O)C21. The maximum atomic E-state index is 12.4. The van der Waals surface area contributed by atoms with Gasteiger partial charge in [0.05, 0.1) is 5.92 Å². The van der Waals surface area contributed by atoms with Gasteiger partial charge in [-0.1, -0.05) is 20.4 Å². The van der Waals surface area contributed by atoms with Crippen LogP contribution in [0.25, 0.3) is 0 Å². The highest BCUT2D eigenvalue weighted by atomic mass is 16.6. The first-order chi connectivity index (χ1) is 11.9. The Morgan fingerprint density at radius 2 is 1.92 bits per heavy atom. The first-order valence-corrected chi connectivity index (χ1v) is 8.97. The van der Waals surface area contributed by atoms with Crippen molar-refractivity contribution >= 4 is 17.7 Å². The minimum Gasteiger partial charge on any atom is -0.459 e. The molecule has 2 saturated carbocycles. The Hall–Kier alpha value is -1.73. The van der Waals surface area contributed by atoms with Crippen LogP contribution in [0.3, 0.4) is 0 Å². The number of ether oxygens (including phenoxy) is 2. The van der Waals surface area contributed by atoms with Crippen molar-refractivity contribution in [1.29, 1.82) is 0 Å². The maximum Gasteiger partial charge on any atom is 0.334 e. The fourth-order valence-corrected chi connectivity index (χ4v) is 4.61. The standard InChI is InChI=1S/C19H26O7/c1-8(2)16(21)25-13-6-10-9(3)17(22)26-15(10)14-11(18(13,4)23)7-12(20)19(14,5)24/h8,10-11,13-15,23-24H,3,6-7H2,1-2,4-5H3. The quantitative estimate of drug-likeness (QED) is 0.548. The molecule has 0 aromatic rings. The molecule has 144 valence electrons. The van der Waals surface area contributed by atoms with Crippen molar-refractivity contribution in [2.24, 2.45) is 23.7 Å². The number of hydrogen-bond donors (Lipinski definition) is 2. The van der Waals surface area contributed by atoms with E-state index >= 15 is 0 Å². The van der Waals surface area contributed by atoms with Gasteiger partial charge in [0.25, 0.3) is 0 Å². The zero-order valence-electron chi connectivity index (χ0n) is 15.5. The predicted octanol–water partition coefficient (Wildman–Crippen LogP) is 0.763. The van der Waals surface area contributed by atoms with E-state index in [2.05, 4.69) is 6.58 Å². The van der Waals surface area contributed by atoms with Crippen LogP contribution < -0.4 is 0 Å². The Morgan fingerprint density at radius 1 is 1.31 bits per heavy atom. The smallest absolute Gasteiger partial charge is 0.334 e. The molecule has 0 amide bonds. The van der Waals surface area contributed by atoms with E-state index in [-0.39, 0.29) is 18.4 Å². The number of carbonyl (C=O) groups excluding carboxylic acids is 3. The Morgan fingerprint density at radius 3 is 2.50 bits per heavy atom. The summed E-state index contributed by atoms with van der Waals surface area (Å²) in [6, 6.07) is 0. The molecule has 26 heavy (non-hydrogen) atoms. The zero-order valence-corrected chi connectivity index (χ0v) is 15.5. The fraction of sp³-hybridized carbons (Fsp3) is 0.737. The van der Waals surface area contributed by atoms with Crippen LogP contribution in [0.4, 0.5) is 0 Å². The average Bonchev–Trinajstić information content (AvgIpc) is 2.90. The molecule has 7 heteroatoms. The first-order valence-electron chi connectivity index (χ1n) is 8.97. The molecule has 0 radical (unpaired) electrons. The molecule has 0 aromatic carbocycles. The number of Topliss-reactive ketones (excluding diaryl/α,β-unsaturated/α-hetero) is 1. The average molecular weight is 366 g/mol. The van der Waals surface area contributed by atoms with Gasteiger partial charge in [-0.15, -0.1) is 0 Å². The number of esters is 2. The molecule has 7 nitrogen and oxygen atoms in total. The van der Waals surface area contributed by atoms with Gasteiger partial charge in [0.15, 0.2) is 5.78 Å². The van der Waals surface area contributed by atoms with E-state index in [1.54, 1.807) is 13.8 Å². The van der Waals surface area contributed by atoms with Gasteiger partial charge in [0.1, 0.15) is 23.4 Å². The van der Waals surface area contributed by atoms with Crippen LogP contribution in [-0.4, -0.2) is 51.3 Å². The summed E-state index contributed by atoms with van der Waals surface area (Å²) in [6.45, 7) is 10.1. The van der Waals surface area contributed by atoms with Crippen LogP contribution >= 0.6 is 0 Å². The van der Waals surface area contributed by atoms with E-state index < -0.39 is 64.8 Å². The van der Waals surface area contributed by atoms with Gasteiger partial charge in [-0.25, -0.2) is 4.79 Å². The Balaban J connectivity index is 2.07. The Kier molecular flexibility index (Phi) is 4.31. The third-order valence-electron chi connectivity index (χ3n) is 6.36. The molecule has 1 aliphatic heterocycles. The fourth-order valence-electron chi connectivity index (χ4n) is 4.61. The first kappa shape index (κ1) is 19.0. The molecule has 0 aromatic heterocycles. The molecule has 1 heterocycles. The summed E-state index contributed by atoms with van der Waals surface area (Å²) in [5.74, 6) is -3.90. The number of carbonyl (C=O) groups is 3. The van der Waals surface area contributed by atoms with Crippen LogP contribution in [0, 0.1) is 23.7 Å². The van der Waals surface area contributed by atoms with Crippen LogP contribution in [0.1, 0.15) is 40.5 Å². The lowest BCUT2D eigenvalue weighted by molar-refractivity contribution is -0.178. The number of fused-ring (bicyclic) bond motifs is 3. The molecule has 7 unspecified atom stereocenters. The van der Waals surface area contributed by atoms with Crippen molar-refractivity contribution in [3.8, 4) is 0 Å². The number of hydrogen-bond acceptors (Lipinski definition) is 7. The van der Waals surface area contributed by atoms with E-state index in [1.165, 1.54) is 13.8 Å². The third kappa shape index (κ3) is 2.60. The largest absolute Gasteiger partial charge is 0.459 e. The van der Waals surface area contributed by atoms with Gasteiger partial charge in [-0.05, 0) is 20.3 Å². The minimum atomic E-state index is -1.74. The summed E-state index contributed by atoms with van der Waals surface area (Å²) in [6.07, 6.45) is -1.64. The molecule has 7 atom stereocenters. The van der Waals surface area contributed by atoms with E-state index in [1.807, 2.05) is 0 Å². The monoisotopic (exact) mass is 366 g/mol. The number of ketones is 1. The lowest BCUT2D eigenvalue weighted by Gasteiger charge is -2.39. The molecule has 3 aliphatic rings. The minimum absolute atomic E-state index is 0.0758. The zero-order chi connectivity index (χ0) is 19.6. The number of aliphatic hydroxyl groups is 2. The second-order valence-electron chi connectivity index (χ2n) is 8.45. The van der Waals surface area contributed by atoms with Crippen LogP contribution in [0.5, 0.6) is 0 Å². The summed E-state index contributed by atoms with van der Waals surface area (Å²) in [4.78, 5) is 36.7. The van der Waals surface area contributed by atoms with Crippen LogP contribution in [0.15, 0.2) is 12.2 Å². The molecular weight excluding hydrogens is 340 g/mol. The van der Waals surface area contributed by atoms with Gasteiger partial charge in [0.2, 0.25) is 0 Å². The topological polar surface area (TPSA) is 110 Å². The predicted molar refractivity (Wildman–Crippen MR) is 89.7 cm³/mol. The van der Waals surface area contributed by atoms with Crippen molar-refractivity contribution in [3.05, 3.63) is 12.2 Å². The van der Waals surface area contributed by atoms with Gasteiger partial charge in [-0.2, -0.15) is 0 Å². The highest BCUT2D eigenvalue weighted by molar-refractivity contribution is 5.93. The molecule has 2 N–H and O–H groups in total. The van der Waals surface area contributed by atoms with E-state index in [0.717, 1.165) is 0 Å². The molecule has 0 bridgehead atoms. The van der Waals surface area contributed by atoms with Crippen molar-refractivity contribution in [1.82, 2.24) is 0 Å².